The fraction of sp³-hybridized carbons (Fsp3) is 0.375. The van der Waals surface area contributed by atoms with Gasteiger partial charge in [0.05, 0.1) is 12.1 Å². The predicted octanol–water partition coefficient (Wildman–Crippen LogP) is 4.86. The van der Waals surface area contributed by atoms with Gasteiger partial charge in [-0.15, -0.1) is 0 Å². The second-order valence-corrected chi connectivity index (χ2v) is 10.3. The van der Waals surface area contributed by atoms with E-state index in [0.717, 1.165) is 30.0 Å². The van der Waals surface area contributed by atoms with Crippen LogP contribution < -0.4 is 16.0 Å². The molecule has 0 saturated carbocycles. The average molecular weight is 552 g/mol. The van der Waals surface area contributed by atoms with Gasteiger partial charge in [0.25, 0.3) is 11.8 Å². The Hall–Kier alpha value is -3.62. The molecule has 4 N–H and O–H groups in total. The standard InChI is InChI=1S/C32H39F2N3O3/c1-5-21(4)36-31(39)25-10-20(3)11-26(16-25)32(40)37-29(15-24-13-27(33)17-28(34)14-24)30(38)19-35-18-23-9-7-8-22(6-2)12-23/h7-14,16-17,21,29-30,35,38H,5-6,15,18-19H2,1-4H3,(H,36,39)(H,37,40)/t21-,29-,30+/m0/s1. The van der Waals surface area contributed by atoms with Gasteiger partial charge in [0, 0.05) is 36.3 Å². The van der Waals surface area contributed by atoms with E-state index in [0.29, 0.717) is 17.7 Å². The van der Waals surface area contributed by atoms with Gasteiger partial charge >= 0.3 is 0 Å². The number of rotatable bonds is 13. The van der Waals surface area contributed by atoms with Crippen molar-refractivity contribution in [2.45, 2.75) is 71.7 Å². The third-order valence-electron chi connectivity index (χ3n) is 6.83. The SMILES string of the molecule is CCc1cccc(CNC[C@@H](O)[C@H](Cc2cc(F)cc(F)c2)NC(=O)c2cc(C)cc(C(=O)N[C@@H](C)CC)c2)c1. The summed E-state index contributed by atoms with van der Waals surface area (Å²) in [5, 5.41) is 20.0. The predicted molar refractivity (Wildman–Crippen MR) is 153 cm³/mol. The maximum atomic E-state index is 13.9. The van der Waals surface area contributed by atoms with Crippen molar-refractivity contribution < 1.29 is 23.5 Å². The molecule has 40 heavy (non-hydrogen) atoms. The lowest BCUT2D eigenvalue weighted by molar-refractivity contribution is 0.0829. The van der Waals surface area contributed by atoms with Crippen molar-refractivity contribution in [2.75, 3.05) is 6.54 Å². The summed E-state index contributed by atoms with van der Waals surface area (Å²) >= 11 is 0. The number of carbonyl (C=O) groups is 2. The molecule has 8 heteroatoms. The number of nitrogens with one attached hydrogen (secondary N) is 3. The number of benzene rings is 3. The number of aliphatic hydroxyl groups excluding tert-OH is 1. The number of amides is 2. The lowest BCUT2D eigenvalue weighted by atomic mass is 9.99. The van der Waals surface area contributed by atoms with E-state index in [2.05, 4.69) is 28.9 Å². The molecule has 0 spiro atoms. The van der Waals surface area contributed by atoms with Crippen molar-refractivity contribution in [1.29, 1.82) is 0 Å². The zero-order chi connectivity index (χ0) is 29.2. The molecule has 0 unspecified atom stereocenters. The molecule has 0 heterocycles. The third kappa shape index (κ3) is 9.24. The van der Waals surface area contributed by atoms with Gasteiger partial charge in [-0.05, 0) is 85.7 Å². The van der Waals surface area contributed by atoms with Crippen LogP contribution in [0.4, 0.5) is 8.78 Å². The Morgan fingerprint density at radius 2 is 1.48 bits per heavy atom. The highest BCUT2D eigenvalue weighted by Gasteiger charge is 2.24. The third-order valence-corrected chi connectivity index (χ3v) is 6.83. The van der Waals surface area contributed by atoms with E-state index in [9.17, 15) is 23.5 Å². The first-order valence-electron chi connectivity index (χ1n) is 13.7. The number of carbonyl (C=O) groups excluding carboxylic acids is 2. The lowest BCUT2D eigenvalue weighted by Crippen LogP contribution is -2.48. The first-order chi connectivity index (χ1) is 19.1. The summed E-state index contributed by atoms with van der Waals surface area (Å²) < 4.78 is 27.8. The highest BCUT2D eigenvalue weighted by molar-refractivity contribution is 6.00. The van der Waals surface area contributed by atoms with E-state index in [-0.39, 0.29) is 30.5 Å². The topological polar surface area (TPSA) is 90.5 Å². The number of aliphatic hydroxyl groups is 1. The molecule has 0 aliphatic rings. The van der Waals surface area contributed by atoms with Crippen LogP contribution in [0.5, 0.6) is 0 Å². The summed E-state index contributed by atoms with van der Waals surface area (Å²) in [6.45, 7) is 8.37. The van der Waals surface area contributed by atoms with Gasteiger partial charge < -0.3 is 21.1 Å². The Balaban J connectivity index is 1.78. The summed E-state index contributed by atoms with van der Waals surface area (Å²) in [6, 6.07) is 15.2. The number of hydrogen-bond donors (Lipinski definition) is 4. The molecule has 3 aromatic carbocycles. The van der Waals surface area contributed by atoms with Crippen LogP contribution in [0.2, 0.25) is 0 Å². The molecule has 0 fully saturated rings. The van der Waals surface area contributed by atoms with Gasteiger partial charge in [0.2, 0.25) is 0 Å². The molecular weight excluding hydrogens is 512 g/mol. The van der Waals surface area contributed by atoms with Crippen molar-refractivity contribution in [3.8, 4) is 0 Å². The summed E-state index contributed by atoms with van der Waals surface area (Å²) in [4.78, 5) is 26.0. The minimum Gasteiger partial charge on any atom is -0.390 e. The molecule has 0 aliphatic carbocycles. The molecule has 3 atom stereocenters. The molecule has 0 radical (unpaired) electrons. The van der Waals surface area contributed by atoms with E-state index in [1.54, 1.807) is 19.1 Å². The van der Waals surface area contributed by atoms with Crippen LogP contribution in [0, 0.1) is 18.6 Å². The smallest absolute Gasteiger partial charge is 0.251 e. The maximum Gasteiger partial charge on any atom is 0.251 e. The van der Waals surface area contributed by atoms with Crippen LogP contribution in [-0.4, -0.2) is 41.7 Å². The van der Waals surface area contributed by atoms with Crippen LogP contribution >= 0.6 is 0 Å². The van der Waals surface area contributed by atoms with Crippen molar-refractivity contribution in [1.82, 2.24) is 16.0 Å². The Labute approximate surface area is 235 Å². The summed E-state index contributed by atoms with van der Waals surface area (Å²) in [6.07, 6.45) is 0.613. The maximum absolute atomic E-state index is 13.9. The van der Waals surface area contributed by atoms with Gasteiger partial charge in [0.1, 0.15) is 11.6 Å². The van der Waals surface area contributed by atoms with Crippen molar-refractivity contribution >= 4 is 11.8 Å². The van der Waals surface area contributed by atoms with Crippen molar-refractivity contribution in [3.63, 3.8) is 0 Å². The summed E-state index contributed by atoms with van der Waals surface area (Å²) in [5.74, 6) is -2.26. The molecule has 0 saturated heterocycles. The molecule has 3 aromatic rings. The first kappa shape index (κ1) is 30.9. The van der Waals surface area contributed by atoms with Crippen molar-refractivity contribution in [2.24, 2.45) is 0 Å². The number of hydrogen-bond acceptors (Lipinski definition) is 4. The Bertz CT molecular complexity index is 1290. The van der Waals surface area contributed by atoms with Gasteiger partial charge in [-0.2, -0.15) is 0 Å². The fourth-order valence-corrected chi connectivity index (χ4v) is 4.44. The second-order valence-electron chi connectivity index (χ2n) is 10.3. The van der Waals surface area contributed by atoms with E-state index in [1.165, 1.54) is 23.8 Å². The minimum atomic E-state index is -1.07. The van der Waals surface area contributed by atoms with Crippen LogP contribution in [0.15, 0.2) is 60.7 Å². The molecule has 2 amide bonds. The van der Waals surface area contributed by atoms with Crippen molar-refractivity contribution in [3.05, 3.63) is 106 Å². The van der Waals surface area contributed by atoms with E-state index in [4.69, 9.17) is 0 Å². The van der Waals surface area contributed by atoms with Crippen LogP contribution in [0.25, 0.3) is 0 Å². The quantitative estimate of drug-likeness (QED) is 0.244. The Kier molecular flexibility index (Phi) is 11.3. The van der Waals surface area contributed by atoms with Gasteiger partial charge in [0.15, 0.2) is 0 Å². The lowest BCUT2D eigenvalue weighted by Gasteiger charge is -2.25. The van der Waals surface area contributed by atoms with Crippen LogP contribution in [-0.2, 0) is 19.4 Å². The molecule has 3 rings (SSSR count). The summed E-state index contributed by atoms with van der Waals surface area (Å²) in [5.41, 5.74) is 3.89. The number of aryl methyl sites for hydroxylation is 2. The molecule has 0 bridgehead atoms. The largest absolute Gasteiger partial charge is 0.390 e. The minimum absolute atomic E-state index is 0.00175. The molecule has 0 aliphatic heterocycles. The molecule has 0 aromatic heterocycles. The van der Waals surface area contributed by atoms with Crippen LogP contribution in [0.3, 0.4) is 0 Å². The molecular formula is C32H39F2N3O3. The first-order valence-corrected chi connectivity index (χ1v) is 13.7. The Morgan fingerprint density at radius 3 is 2.10 bits per heavy atom. The van der Waals surface area contributed by atoms with Crippen LogP contribution in [0.1, 0.15) is 70.2 Å². The van der Waals surface area contributed by atoms with E-state index >= 15 is 0 Å². The van der Waals surface area contributed by atoms with E-state index in [1.807, 2.05) is 32.0 Å². The summed E-state index contributed by atoms with van der Waals surface area (Å²) in [7, 11) is 0. The second kappa shape index (κ2) is 14.7. The zero-order valence-corrected chi connectivity index (χ0v) is 23.6. The van der Waals surface area contributed by atoms with Gasteiger partial charge in [-0.3, -0.25) is 9.59 Å². The zero-order valence-electron chi connectivity index (χ0n) is 23.6. The molecule has 214 valence electrons. The monoisotopic (exact) mass is 551 g/mol. The Morgan fingerprint density at radius 1 is 0.850 bits per heavy atom. The van der Waals surface area contributed by atoms with E-state index < -0.39 is 29.7 Å². The number of halogens is 2. The fourth-order valence-electron chi connectivity index (χ4n) is 4.44. The normalized spacial score (nSPS) is 13.4. The average Bonchev–Trinajstić information content (AvgIpc) is 2.91. The van der Waals surface area contributed by atoms with Gasteiger partial charge in [-0.25, -0.2) is 8.78 Å². The van der Waals surface area contributed by atoms with Gasteiger partial charge in [-0.1, -0.05) is 38.1 Å². The molecule has 6 nitrogen and oxygen atoms in total. The highest BCUT2D eigenvalue weighted by Crippen LogP contribution is 2.15. The highest BCUT2D eigenvalue weighted by atomic mass is 19.1.